The Balaban J connectivity index is 0.00000112. The van der Waals surface area contributed by atoms with Crippen molar-refractivity contribution in [3.63, 3.8) is 0 Å². The van der Waals surface area contributed by atoms with Crippen molar-refractivity contribution in [2.24, 2.45) is 11.7 Å². The second-order valence-electron chi connectivity index (χ2n) is 3.86. The van der Waals surface area contributed by atoms with Crippen LogP contribution in [0.15, 0.2) is 22.7 Å². The highest BCUT2D eigenvalue weighted by Gasteiger charge is 2.27. The summed E-state index contributed by atoms with van der Waals surface area (Å²) >= 11 is 3.25. The van der Waals surface area contributed by atoms with Gasteiger partial charge in [0.25, 0.3) is 0 Å². The zero-order chi connectivity index (χ0) is 10.1. The zero-order valence-electron chi connectivity index (χ0n) is 8.25. The van der Waals surface area contributed by atoms with Crippen LogP contribution in [0.2, 0.25) is 0 Å². The third kappa shape index (κ3) is 2.52. The molecule has 0 radical (unpaired) electrons. The van der Waals surface area contributed by atoms with Gasteiger partial charge in [-0.2, -0.15) is 0 Å². The summed E-state index contributed by atoms with van der Waals surface area (Å²) in [5, 5.41) is 0. The third-order valence-corrected chi connectivity index (χ3v) is 3.83. The van der Waals surface area contributed by atoms with E-state index >= 15 is 0 Å². The van der Waals surface area contributed by atoms with Gasteiger partial charge in [-0.3, -0.25) is 0 Å². The lowest BCUT2D eigenvalue weighted by Gasteiger charge is -2.32. The van der Waals surface area contributed by atoms with Crippen molar-refractivity contribution in [3.8, 4) is 0 Å². The number of hydrogen-bond acceptors (Lipinski definition) is 1. The monoisotopic (exact) mass is 293 g/mol. The average molecular weight is 295 g/mol. The molecular weight excluding hydrogens is 280 g/mol. The Bertz CT molecular complexity index is 341. The maximum atomic E-state index is 13.2. The van der Waals surface area contributed by atoms with Gasteiger partial charge in [-0.25, -0.2) is 4.39 Å². The fraction of sp³-hybridized carbons (Fsp3) is 0.455. The van der Waals surface area contributed by atoms with Crippen LogP contribution in [0.3, 0.4) is 0 Å². The molecule has 0 bridgehead atoms. The Labute approximate surface area is 104 Å². The van der Waals surface area contributed by atoms with Crippen LogP contribution in [0.1, 0.15) is 30.9 Å². The predicted molar refractivity (Wildman–Crippen MR) is 65.6 cm³/mol. The topological polar surface area (TPSA) is 26.0 Å². The highest BCUT2D eigenvalue weighted by Crippen LogP contribution is 2.38. The van der Waals surface area contributed by atoms with Crippen molar-refractivity contribution < 1.29 is 4.39 Å². The van der Waals surface area contributed by atoms with Crippen molar-refractivity contribution in [3.05, 3.63) is 34.1 Å². The molecule has 0 amide bonds. The van der Waals surface area contributed by atoms with E-state index in [1.165, 1.54) is 25.3 Å². The van der Waals surface area contributed by atoms with Crippen LogP contribution in [0, 0.1) is 11.7 Å². The first-order valence-electron chi connectivity index (χ1n) is 4.89. The van der Waals surface area contributed by atoms with Crippen molar-refractivity contribution >= 4 is 28.3 Å². The molecule has 84 valence electrons. The molecule has 1 saturated carbocycles. The van der Waals surface area contributed by atoms with Gasteiger partial charge in [0.2, 0.25) is 0 Å². The molecule has 1 aliphatic carbocycles. The Hall–Kier alpha value is -0.120. The van der Waals surface area contributed by atoms with Crippen molar-refractivity contribution in [2.75, 3.05) is 0 Å². The van der Waals surface area contributed by atoms with E-state index in [0.29, 0.717) is 10.4 Å². The van der Waals surface area contributed by atoms with Crippen molar-refractivity contribution in [1.29, 1.82) is 0 Å². The SMILES string of the molecule is Cl.N[C@H](c1cccc(F)c1Br)C1CCC1. The number of nitrogens with two attached hydrogens (primary N) is 1. The van der Waals surface area contributed by atoms with Crippen LogP contribution in [0.25, 0.3) is 0 Å². The van der Waals surface area contributed by atoms with Crippen LogP contribution in [-0.4, -0.2) is 0 Å². The molecule has 0 aromatic heterocycles. The normalized spacial score (nSPS) is 17.8. The van der Waals surface area contributed by atoms with E-state index in [0.717, 1.165) is 5.56 Å². The van der Waals surface area contributed by atoms with Gasteiger partial charge in [-0.15, -0.1) is 12.4 Å². The summed E-state index contributed by atoms with van der Waals surface area (Å²) in [7, 11) is 0. The number of hydrogen-bond donors (Lipinski definition) is 1. The smallest absolute Gasteiger partial charge is 0.137 e. The lowest BCUT2D eigenvalue weighted by Crippen LogP contribution is -2.27. The molecule has 4 heteroatoms. The summed E-state index contributed by atoms with van der Waals surface area (Å²) in [5.74, 6) is 0.311. The number of halogens is 3. The van der Waals surface area contributed by atoms with Crippen LogP contribution < -0.4 is 5.73 Å². The second-order valence-corrected chi connectivity index (χ2v) is 4.65. The molecule has 0 unspecified atom stereocenters. The molecule has 1 atom stereocenters. The van der Waals surface area contributed by atoms with Gasteiger partial charge >= 0.3 is 0 Å². The van der Waals surface area contributed by atoms with Crippen LogP contribution >= 0.6 is 28.3 Å². The third-order valence-electron chi connectivity index (χ3n) is 3.00. The van der Waals surface area contributed by atoms with E-state index in [4.69, 9.17) is 5.73 Å². The Morgan fingerprint density at radius 1 is 1.40 bits per heavy atom. The molecule has 0 spiro atoms. The Morgan fingerprint density at radius 2 is 2.07 bits per heavy atom. The van der Waals surface area contributed by atoms with Gasteiger partial charge in [-0.1, -0.05) is 18.6 Å². The quantitative estimate of drug-likeness (QED) is 0.882. The predicted octanol–water partition coefficient (Wildman–Crippen LogP) is 3.81. The lowest BCUT2D eigenvalue weighted by atomic mass is 9.77. The highest BCUT2D eigenvalue weighted by molar-refractivity contribution is 9.10. The fourth-order valence-electron chi connectivity index (χ4n) is 1.83. The maximum absolute atomic E-state index is 13.2. The summed E-state index contributed by atoms with van der Waals surface area (Å²) in [4.78, 5) is 0. The van der Waals surface area contributed by atoms with Gasteiger partial charge < -0.3 is 5.73 Å². The molecule has 2 rings (SSSR count). The van der Waals surface area contributed by atoms with Crippen LogP contribution in [-0.2, 0) is 0 Å². The number of benzene rings is 1. The van der Waals surface area contributed by atoms with E-state index < -0.39 is 0 Å². The molecule has 15 heavy (non-hydrogen) atoms. The minimum absolute atomic E-state index is 0. The standard InChI is InChI=1S/C11H13BrFN.ClH/c12-10-8(5-2-6-9(10)13)11(14)7-3-1-4-7;/h2,5-7,11H,1,3-4,14H2;1H/t11-;/m0./s1. The van der Waals surface area contributed by atoms with Gasteiger partial charge in [0.05, 0.1) is 4.47 Å². The summed E-state index contributed by atoms with van der Waals surface area (Å²) in [5.41, 5.74) is 6.97. The molecule has 1 aliphatic rings. The van der Waals surface area contributed by atoms with Crippen molar-refractivity contribution in [1.82, 2.24) is 0 Å². The molecule has 0 saturated heterocycles. The molecule has 2 N–H and O–H groups in total. The minimum Gasteiger partial charge on any atom is -0.324 e. The van der Waals surface area contributed by atoms with Gasteiger partial charge in [0.15, 0.2) is 0 Å². The van der Waals surface area contributed by atoms with E-state index in [9.17, 15) is 4.39 Å². The minimum atomic E-state index is -0.225. The first-order valence-corrected chi connectivity index (χ1v) is 5.69. The number of rotatable bonds is 2. The average Bonchev–Trinajstić information content (AvgIpc) is 2.06. The molecule has 1 fully saturated rings. The largest absolute Gasteiger partial charge is 0.324 e. The maximum Gasteiger partial charge on any atom is 0.137 e. The Kier molecular flexibility index (Phi) is 4.56. The summed E-state index contributed by atoms with van der Waals surface area (Å²) < 4.78 is 13.7. The molecule has 0 heterocycles. The van der Waals surface area contributed by atoms with Crippen molar-refractivity contribution in [2.45, 2.75) is 25.3 Å². The summed E-state index contributed by atoms with van der Waals surface area (Å²) in [6.07, 6.45) is 3.60. The van der Waals surface area contributed by atoms with Crippen LogP contribution in [0.4, 0.5) is 4.39 Å². The fourth-order valence-corrected chi connectivity index (χ4v) is 2.36. The zero-order valence-corrected chi connectivity index (χ0v) is 10.7. The molecule has 1 nitrogen and oxygen atoms in total. The highest BCUT2D eigenvalue weighted by atomic mass is 79.9. The van der Waals surface area contributed by atoms with Gasteiger partial charge in [0.1, 0.15) is 5.82 Å². The second kappa shape index (κ2) is 5.28. The first-order chi connectivity index (χ1) is 6.70. The molecule has 0 aliphatic heterocycles. The van der Waals surface area contributed by atoms with E-state index in [1.54, 1.807) is 6.07 Å². The van der Waals surface area contributed by atoms with E-state index in [2.05, 4.69) is 15.9 Å². The Morgan fingerprint density at radius 3 is 2.60 bits per heavy atom. The molecule has 1 aromatic carbocycles. The van der Waals surface area contributed by atoms with Gasteiger partial charge in [0, 0.05) is 6.04 Å². The molecule has 1 aromatic rings. The first kappa shape index (κ1) is 12.9. The van der Waals surface area contributed by atoms with E-state index in [1.807, 2.05) is 6.07 Å². The van der Waals surface area contributed by atoms with Gasteiger partial charge in [-0.05, 0) is 46.3 Å². The summed E-state index contributed by atoms with van der Waals surface area (Å²) in [6.45, 7) is 0. The summed E-state index contributed by atoms with van der Waals surface area (Å²) in [6, 6.07) is 5.04. The molecular formula is C11H14BrClFN. The lowest BCUT2D eigenvalue weighted by molar-refractivity contribution is 0.263. The van der Waals surface area contributed by atoms with E-state index in [-0.39, 0.29) is 24.3 Å². The van der Waals surface area contributed by atoms with Crippen LogP contribution in [0.5, 0.6) is 0 Å².